The van der Waals surface area contributed by atoms with Gasteiger partial charge in [0.2, 0.25) is 5.91 Å². The van der Waals surface area contributed by atoms with Gasteiger partial charge in [-0.25, -0.2) is 0 Å². The van der Waals surface area contributed by atoms with E-state index in [1.165, 1.54) is 0 Å². The van der Waals surface area contributed by atoms with Gasteiger partial charge in [-0.1, -0.05) is 0 Å². The van der Waals surface area contributed by atoms with Crippen LogP contribution in [0.15, 0.2) is 18.2 Å². The van der Waals surface area contributed by atoms with Gasteiger partial charge < -0.3 is 24.6 Å². The quantitative estimate of drug-likeness (QED) is 0.807. The van der Waals surface area contributed by atoms with Crippen LogP contribution in [-0.4, -0.2) is 86.1 Å². The number of ether oxygens (including phenoxy) is 2. The molecule has 7 nitrogen and oxygen atoms in total. The molecule has 2 saturated heterocycles. The highest BCUT2D eigenvalue weighted by Crippen LogP contribution is 2.26. The third kappa shape index (κ3) is 4.87. The molecule has 2 heterocycles. The maximum atomic E-state index is 12.9. The van der Waals surface area contributed by atoms with Crippen molar-refractivity contribution < 1.29 is 19.1 Å². The Labute approximate surface area is 164 Å². The van der Waals surface area contributed by atoms with Crippen LogP contribution in [0, 0.1) is 0 Å². The summed E-state index contributed by atoms with van der Waals surface area (Å²) in [5.41, 5.74) is 0.515. The molecule has 2 amide bonds. The predicted molar refractivity (Wildman–Crippen MR) is 106 cm³/mol. The normalized spacial score (nSPS) is 20.3. The molecule has 2 aliphatic heterocycles. The largest absolute Gasteiger partial charge is 0.497 e. The second kappa shape index (κ2) is 9.32. The number of methoxy groups -OCH3 is 2. The number of amides is 2. The summed E-state index contributed by atoms with van der Waals surface area (Å²) in [6.45, 7) is 3.18. The Bertz CT molecular complexity index is 671. The third-order valence-electron chi connectivity index (χ3n) is 4.98. The molecule has 2 aliphatic rings. The maximum absolute atomic E-state index is 12.9. The molecule has 1 aromatic carbocycles. The van der Waals surface area contributed by atoms with E-state index < -0.39 is 0 Å². The molecular weight excluding hydrogens is 366 g/mol. The van der Waals surface area contributed by atoms with E-state index >= 15 is 0 Å². The van der Waals surface area contributed by atoms with Crippen molar-refractivity contribution in [3.05, 3.63) is 23.8 Å². The monoisotopic (exact) mass is 393 g/mol. The first-order chi connectivity index (χ1) is 13.1. The number of benzene rings is 1. The van der Waals surface area contributed by atoms with Gasteiger partial charge in [-0.3, -0.25) is 9.59 Å². The van der Waals surface area contributed by atoms with E-state index in [1.807, 2.05) is 16.7 Å². The van der Waals surface area contributed by atoms with Crippen molar-refractivity contribution in [2.24, 2.45) is 0 Å². The minimum Gasteiger partial charge on any atom is -0.497 e. The van der Waals surface area contributed by atoms with E-state index in [9.17, 15) is 9.59 Å². The van der Waals surface area contributed by atoms with Gasteiger partial charge in [0.1, 0.15) is 11.5 Å². The fraction of sp³-hybridized carbons (Fsp3) is 0.579. The van der Waals surface area contributed by atoms with Crippen LogP contribution < -0.4 is 14.8 Å². The maximum Gasteiger partial charge on any atom is 0.257 e. The molecule has 0 radical (unpaired) electrons. The Hall–Kier alpha value is -1.93. The fourth-order valence-corrected chi connectivity index (χ4v) is 4.34. The first kappa shape index (κ1) is 19.8. The Morgan fingerprint density at radius 2 is 1.89 bits per heavy atom. The summed E-state index contributed by atoms with van der Waals surface area (Å²) in [7, 11) is 3.12. The van der Waals surface area contributed by atoms with Crippen LogP contribution in [0.1, 0.15) is 16.8 Å². The van der Waals surface area contributed by atoms with Crippen LogP contribution in [-0.2, 0) is 4.79 Å². The van der Waals surface area contributed by atoms with Gasteiger partial charge in [-0.2, -0.15) is 11.8 Å². The lowest BCUT2D eigenvalue weighted by molar-refractivity contribution is -0.133. The molecule has 8 heteroatoms. The highest BCUT2D eigenvalue weighted by molar-refractivity contribution is 7.99. The number of carbonyl (C=O) groups excluding carboxylic acids is 2. The minimum atomic E-state index is -0.0769. The van der Waals surface area contributed by atoms with E-state index in [1.54, 1.807) is 37.3 Å². The molecule has 1 unspecified atom stereocenters. The second-order valence-electron chi connectivity index (χ2n) is 6.67. The van der Waals surface area contributed by atoms with Gasteiger partial charge in [0.25, 0.3) is 5.91 Å². The molecule has 2 fully saturated rings. The molecule has 1 N–H and O–H groups in total. The van der Waals surface area contributed by atoms with Crippen molar-refractivity contribution in [1.29, 1.82) is 0 Å². The summed E-state index contributed by atoms with van der Waals surface area (Å²) in [6, 6.07) is 5.45. The molecule has 1 atom stereocenters. The standard InChI is InChI=1S/C19H27N3O4S/c1-25-15-3-4-16(17(12-15)26-2)19(24)22-8-6-21(7-9-22)18(23)11-14-13-27-10-5-20-14/h3-4,12,14,20H,5-11,13H2,1-2H3. The smallest absolute Gasteiger partial charge is 0.257 e. The molecule has 0 aliphatic carbocycles. The molecule has 27 heavy (non-hydrogen) atoms. The summed E-state index contributed by atoms with van der Waals surface area (Å²) in [6.07, 6.45) is 0.535. The summed E-state index contributed by atoms with van der Waals surface area (Å²) < 4.78 is 10.5. The highest BCUT2D eigenvalue weighted by Gasteiger charge is 2.28. The summed E-state index contributed by atoms with van der Waals surface area (Å²) in [5.74, 6) is 3.34. The zero-order valence-corrected chi connectivity index (χ0v) is 16.7. The second-order valence-corrected chi connectivity index (χ2v) is 7.82. The summed E-state index contributed by atoms with van der Waals surface area (Å²) >= 11 is 1.89. The van der Waals surface area contributed by atoms with Crippen molar-refractivity contribution >= 4 is 23.6 Å². The van der Waals surface area contributed by atoms with E-state index in [2.05, 4.69) is 5.32 Å². The van der Waals surface area contributed by atoms with Gasteiger partial charge in [-0.05, 0) is 12.1 Å². The van der Waals surface area contributed by atoms with Crippen molar-refractivity contribution in [3.63, 3.8) is 0 Å². The van der Waals surface area contributed by atoms with Gasteiger partial charge in [-0.15, -0.1) is 0 Å². The molecule has 0 aromatic heterocycles. The Morgan fingerprint density at radius 3 is 2.52 bits per heavy atom. The first-order valence-corrected chi connectivity index (χ1v) is 10.4. The van der Waals surface area contributed by atoms with Crippen LogP contribution >= 0.6 is 11.8 Å². The van der Waals surface area contributed by atoms with E-state index in [0.717, 1.165) is 18.1 Å². The van der Waals surface area contributed by atoms with Gasteiger partial charge in [0, 0.05) is 62.8 Å². The summed E-state index contributed by atoms with van der Waals surface area (Å²) in [5, 5.41) is 3.40. The zero-order valence-electron chi connectivity index (χ0n) is 15.9. The van der Waals surface area contributed by atoms with Crippen molar-refractivity contribution in [1.82, 2.24) is 15.1 Å². The van der Waals surface area contributed by atoms with Crippen LogP contribution in [0.3, 0.4) is 0 Å². The van der Waals surface area contributed by atoms with Crippen LogP contribution in [0.4, 0.5) is 0 Å². The van der Waals surface area contributed by atoms with Crippen LogP contribution in [0.5, 0.6) is 11.5 Å². The Balaban J connectivity index is 1.55. The van der Waals surface area contributed by atoms with Crippen LogP contribution in [0.25, 0.3) is 0 Å². The van der Waals surface area contributed by atoms with E-state index in [-0.39, 0.29) is 17.9 Å². The average molecular weight is 394 g/mol. The first-order valence-electron chi connectivity index (χ1n) is 9.22. The molecule has 148 valence electrons. The topological polar surface area (TPSA) is 71.1 Å². The molecule has 0 spiro atoms. The molecule has 0 saturated carbocycles. The van der Waals surface area contributed by atoms with Crippen molar-refractivity contribution in [2.75, 3.05) is 58.4 Å². The number of nitrogens with one attached hydrogen (secondary N) is 1. The van der Waals surface area contributed by atoms with Crippen molar-refractivity contribution in [2.45, 2.75) is 12.5 Å². The third-order valence-corrected chi connectivity index (χ3v) is 6.11. The molecular formula is C19H27N3O4S. The number of hydrogen-bond donors (Lipinski definition) is 1. The number of hydrogen-bond acceptors (Lipinski definition) is 6. The summed E-state index contributed by atoms with van der Waals surface area (Å²) in [4.78, 5) is 29.0. The lowest BCUT2D eigenvalue weighted by atomic mass is 10.1. The lowest BCUT2D eigenvalue weighted by Crippen LogP contribution is -2.52. The SMILES string of the molecule is COc1ccc(C(=O)N2CCN(C(=O)CC3CSCCN3)CC2)c(OC)c1. The highest BCUT2D eigenvalue weighted by atomic mass is 32.2. The lowest BCUT2D eigenvalue weighted by Gasteiger charge is -2.36. The molecule has 0 bridgehead atoms. The van der Waals surface area contributed by atoms with E-state index in [4.69, 9.17) is 9.47 Å². The minimum absolute atomic E-state index is 0.0769. The number of carbonyl (C=O) groups is 2. The molecule has 3 rings (SSSR count). The zero-order chi connectivity index (χ0) is 19.2. The Kier molecular flexibility index (Phi) is 6.84. The molecule has 1 aromatic rings. The number of piperazine rings is 1. The predicted octanol–water partition coefficient (Wildman–Crippen LogP) is 1.08. The number of rotatable bonds is 5. The Morgan fingerprint density at radius 1 is 1.15 bits per heavy atom. The van der Waals surface area contributed by atoms with Gasteiger partial charge in [0.15, 0.2) is 0 Å². The van der Waals surface area contributed by atoms with Gasteiger partial charge >= 0.3 is 0 Å². The fourth-order valence-electron chi connectivity index (χ4n) is 3.40. The van der Waals surface area contributed by atoms with Crippen LogP contribution in [0.2, 0.25) is 0 Å². The number of nitrogens with zero attached hydrogens (tertiary/aromatic N) is 2. The van der Waals surface area contributed by atoms with Crippen molar-refractivity contribution in [3.8, 4) is 11.5 Å². The van der Waals surface area contributed by atoms with Gasteiger partial charge in [0.05, 0.1) is 19.8 Å². The average Bonchev–Trinajstić information content (AvgIpc) is 2.73. The number of thioether (sulfide) groups is 1. The van der Waals surface area contributed by atoms with E-state index in [0.29, 0.717) is 49.7 Å².